The summed E-state index contributed by atoms with van der Waals surface area (Å²) in [6, 6.07) is 27.0. The van der Waals surface area contributed by atoms with Crippen molar-refractivity contribution in [1.82, 2.24) is 0 Å². The number of halogens is 4. The molecule has 0 amide bonds. The summed E-state index contributed by atoms with van der Waals surface area (Å²) in [4.78, 5) is 2.59. The number of hydrogen-bond acceptors (Lipinski definition) is 1. The third-order valence-corrected chi connectivity index (χ3v) is 11.3. The second kappa shape index (κ2) is 17.4. The summed E-state index contributed by atoms with van der Waals surface area (Å²) in [7, 11) is 13.7. The van der Waals surface area contributed by atoms with E-state index in [0.717, 1.165) is 52.5 Å². The first-order chi connectivity index (χ1) is 23.5. The maximum atomic E-state index is 3.99. The van der Waals surface area contributed by atoms with Crippen molar-refractivity contribution < 1.29 is 64.5 Å². The molecular weight excluding hydrogens is 916 g/mol. The van der Waals surface area contributed by atoms with Crippen LogP contribution >= 0.6 is 15.9 Å². The van der Waals surface area contributed by atoms with Crippen LogP contribution < -0.4 is 55.8 Å². The average Bonchev–Trinajstić information content (AvgIpc) is 3.39. The quantitative estimate of drug-likeness (QED) is 0.124. The molecule has 0 saturated carbocycles. The molecule has 53 heavy (non-hydrogen) atoms. The summed E-state index contributed by atoms with van der Waals surface area (Å²) in [5.41, 5.74) is 8.00. The molecule has 0 radical (unpaired) electrons. The van der Waals surface area contributed by atoms with Gasteiger partial charge in [-0.3, -0.25) is 0 Å². The molecule has 0 aliphatic carbocycles. The molecule has 0 bridgehead atoms. The van der Waals surface area contributed by atoms with Crippen molar-refractivity contribution in [3.63, 3.8) is 0 Å². The Labute approximate surface area is 359 Å². The number of hydrogen-bond donors (Lipinski definition) is 0. The van der Waals surface area contributed by atoms with Gasteiger partial charge < -0.3 is 64.8 Å². The lowest BCUT2D eigenvalue weighted by molar-refractivity contribution is -0.871. The van der Waals surface area contributed by atoms with Crippen LogP contribution in [-0.4, -0.2) is 87.7 Å². The molecule has 0 aromatic heterocycles. The third kappa shape index (κ3) is 9.49. The molecule has 8 heteroatoms. The zero-order chi connectivity index (χ0) is 36.1. The van der Waals surface area contributed by atoms with Crippen LogP contribution in [0.4, 0.5) is 11.4 Å². The Morgan fingerprint density at radius 3 is 1.85 bits per heavy atom. The van der Waals surface area contributed by atoms with E-state index in [2.05, 4.69) is 192 Å². The van der Waals surface area contributed by atoms with E-state index in [4.69, 9.17) is 0 Å². The number of fused-ring (bicyclic) bond motifs is 6. The van der Waals surface area contributed by atoms with Crippen LogP contribution in [0.15, 0.2) is 107 Å². The van der Waals surface area contributed by atoms with Crippen molar-refractivity contribution in [1.29, 1.82) is 0 Å². The summed E-state index contributed by atoms with van der Waals surface area (Å²) >= 11 is 3.99. The Morgan fingerprint density at radius 2 is 1.25 bits per heavy atom. The molecule has 4 nitrogen and oxygen atoms in total. The molecule has 4 aromatic carbocycles. The smallest absolute Gasteiger partial charge is 0.210 e. The first-order valence-electron chi connectivity index (χ1n) is 18.3. The minimum Gasteiger partial charge on any atom is -1.00 e. The first kappa shape index (κ1) is 45.3. The Bertz CT molecular complexity index is 2060. The summed E-state index contributed by atoms with van der Waals surface area (Å²) in [6.45, 7) is 13.8. The van der Waals surface area contributed by atoms with E-state index < -0.39 is 0 Å². The summed E-state index contributed by atoms with van der Waals surface area (Å²) in [5, 5.41) is 5.33. The number of anilines is 1. The van der Waals surface area contributed by atoms with Gasteiger partial charge in [-0.05, 0) is 71.3 Å². The lowest BCUT2D eigenvalue weighted by Gasteiger charge is -2.29. The fourth-order valence-corrected chi connectivity index (χ4v) is 8.60. The van der Waals surface area contributed by atoms with E-state index in [9.17, 15) is 0 Å². The van der Waals surface area contributed by atoms with Crippen LogP contribution in [0.2, 0.25) is 0 Å². The molecule has 4 aromatic rings. The molecule has 0 fully saturated rings. The molecule has 2 aliphatic heterocycles. The number of allylic oxidation sites excluding steroid dienone is 6. The summed E-state index contributed by atoms with van der Waals surface area (Å²) in [6.07, 6.45) is 11.5. The van der Waals surface area contributed by atoms with Gasteiger partial charge in [0.1, 0.15) is 0 Å². The lowest BCUT2D eigenvalue weighted by Crippen LogP contribution is -3.00. The largest absolute Gasteiger partial charge is 1.00 e. The third-order valence-electron chi connectivity index (χ3n) is 10.7. The van der Waals surface area contributed by atoms with Crippen LogP contribution in [0.25, 0.3) is 21.5 Å². The molecule has 2 aliphatic rings. The molecule has 6 rings (SSSR count). The monoisotopic (exact) mass is 970 g/mol. The van der Waals surface area contributed by atoms with Crippen LogP contribution in [0, 0.1) is 0 Å². The second-order valence-electron chi connectivity index (χ2n) is 17.5. The van der Waals surface area contributed by atoms with Crippen LogP contribution in [-0.2, 0) is 10.8 Å². The maximum absolute atomic E-state index is 3.99. The topological polar surface area (TPSA) is 6.25 Å². The number of nitrogens with zero attached hydrogens (tertiary/aromatic N) is 4. The molecule has 0 unspecified atom stereocenters. The highest BCUT2D eigenvalue weighted by Crippen LogP contribution is 2.51. The zero-order valence-corrected chi connectivity index (χ0v) is 39.6. The Balaban J connectivity index is 0.00000252. The molecule has 0 N–H and O–H groups in total. The Kier molecular flexibility index (Phi) is 14.9. The summed E-state index contributed by atoms with van der Waals surface area (Å²) in [5.74, 6) is 0. The van der Waals surface area contributed by atoms with E-state index >= 15 is 0 Å². The van der Waals surface area contributed by atoms with Crippen LogP contribution in [0.3, 0.4) is 0 Å². The fraction of sp³-hybridized carbons (Fsp3) is 0.400. The minimum absolute atomic E-state index is 0. The van der Waals surface area contributed by atoms with Gasteiger partial charge in [0.05, 0.1) is 67.2 Å². The summed E-state index contributed by atoms with van der Waals surface area (Å²) < 4.78 is 5.60. The highest BCUT2D eigenvalue weighted by molar-refractivity contribution is 9.11. The van der Waals surface area contributed by atoms with Crippen LogP contribution in [0.5, 0.6) is 0 Å². The SMILES string of the molecule is CC1(C)C(/C=C/C(Br)=C/C=C2/N(CCC[N+](C)(C)C)c3ccc4ccccc4c3C2(C)C)=[N+](CCC[N+](C)(C)C)c2ccc3ccccc3c21.[Br-].[Br-].[Br-]. The van der Waals surface area contributed by atoms with Gasteiger partial charge in [-0.2, -0.15) is 4.58 Å². The van der Waals surface area contributed by atoms with Crippen molar-refractivity contribution >= 4 is 54.6 Å². The van der Waals surface area contributed by atoms with E-state index in [1.165, 1.54) is 55.5 Å². The number of rotatable bonds is 11. The predicted octanol–water partition coefficient (Wildman–Crippen LogP) is 1.09. The van der Waals surface area contributed by atoms with Gasteiger partial charge >= 0.3 is 0 Å². The van der Waals surface area contributed by atoms with Gasteiger partial charge in [-0.25, -0.2) is 0 Å². The standard InChI is InChI=1S/C45H58BrN4.3BrH/c1-44(2)40(47(29-15-31-49(5,6)7)38-25-21-33-17-11-13-19-36(33)42(38)44)27-23-35(46)24-28-41-45(3,4)43-37-20-14-12-18-34(37)22-26-39(43)48(41)30-16-32-50(8,9)10;;;/h11-14,17-28H,15-16,29-32H2,1-10H3;3*1H/q+3;;;/p-3. The lowest BCUT2D eigenvalue weighted by atomic mass is 9.79. The van der Waals surface area contributed by atoms with Gasteiger partial charge in [0.25, 0.3) is 0 Å². The Morgan fingerprint density at radius 1 is 0.698 bits per heavy atom. The maximum Gasteiger partial charge on any atom is 0.210 e. The second-order valence-corrected chi connectivity index (χ2v) is 18.4. The highest BCUT2D eigenvalue weighted by Gasteiger charge is 2.45. The van der Waals surface area contributed by atoms with Gasteiger partial charge in [-0.1, -0.05) is 84.4 Å². The average molecular weight is 975 g/mol. The van der Waals surface area contributed by atoms with Gasteiger partial charge in [0.15, 0.2) is 12.3 Å². The van der Waals surface area contributed by atoms with E-state index in [-0.39, 0.29) is 61.8 Å². The van der Waals surface area contributed by atoms with Crippen molar-refractivity contribution in [3.05, 3.63) is 118 Å². The fourth-order valence-electron chi connectivity index (χ4n) is 8.33. The number of quaternary nitrogens is 2. The molecule has 0 saturated heterocycles. The van der Waals surface area contributed by atoms with E-state index in [1.54, 1.807) is 0 Å². The van der Waals surface area contributed by atoms with Gasteiger partial charge in [-0.15, -0.1) is 0 Å². The molecular formula is C45H58Br4N4. The first-order valence-corrected chi connectivity index (χ1v) is 19.1. The normalized spacial score (nSPS) is 17.2. The molecule has 286 valence electrons. The Hall–Kier alpha value is -2.07. The molecule has 0 atom stereocenters. The van der Waals surface area contributed by atoms with E-state index in [1.807, 2.05) is 0 Å². The number of benzene rings is 4. The van der Waals surface area contributed by atoms with Crippen molar-refractivity contribution in [2.45, 2.75) is 51.4 Å². The van der Waals surface area contributed by atoms with Crippen LogP contribution in [0.1, 0.15) is 51.7 Å². The van der Waals surface area contributed by atoms with E-state index in [0.29, 0.717) is 0 Å². The van der Waals surface area contributed by atoms with Crippen molar-refractivity contribution in [2.75, 3.05) is 73.4 Å². The van der Waals surface area contributed by atoms with Gasteiger partial charge in [0, 0.05) is 52.0 Å². The van der Waals surface area contributed by atoms with Gasteiger partial charge in [0.2, 0.25) is 5.69 Å². The minimum atomic E-state index is -0.131. The van der Waals surface area contributed by atoms with Crippen molar-refractivity contribution in [3.8, 4) is 0 Å². The highest BCUT2D eigenvalue weighted by atomic mass is 79.9. The zero-order valence-electron chi connectivity index (χ0n) is 33.3. The molecule has 2 heterocycles. The molecule has 0 spiro atoms. The van der Waals surface area contributed by atoms with Crippen molar-refractivity contribution in [2.24, 2.45) is 0 Å². The predicted molar refractivity (Wildman–Crippen MR) is 220 cm³/mol.